The number of hydrogen-bond donors (Lipinski definition) is 3. The maximum Gasteiger partial charge on any atom is 0.379 e. The summed E-state index contributed by atoms with van der Waals surface area (Å²) in [6.07, 6.45) is 4.76. The van der Waals surface area contributed by atoms with Crippen molar-refractivity contribution < 1.29 is 31.6 Å². The lowest BCUT2D eigenvalue weighted by molar-refractivity contribution is 0.00818. The summed E-state index contributed by atoms with van der Waals surface area (Å²) in [7, 11) is 0. The van der Waals surface area contributed by atoms with E-state index in [0.717, 1.165) is 12.8 Å². The van der Waals surface area contributed by atoms with E-state index in [1.165, 1.54) is 24.6 Å². The molecule has 2 aromatic rings. The van der Waals surface area contributed by atoms with Crippen LogP contribution in [0, 0.1) is 23.6 Å². The van der Waals surface area contributed by atoms with Crippen LogP contribution in [0.5, 0.6) is 0 Å². The maximum atomic E-state index is 14.5. The second kappa shape index (κ2) is 9.30. The van der Waals surface area contributed by atoms with Crippen molar-refractivity contribution in [2.75, 3.05) is 5.32 Å². The first-order valence-electron chi connectivity index (χ1n) is 8.84. The van der Waals surface area contributed by atoms with Gasteiger partial charge in [-0.3, -0.25) is 4.79 Å². The molecule has 0 saturated heterocycles. The van der Waals surface area contributed by atoms with E-state index >= 15 is 0 Å². The molecule has 1 atom stereocenters. The van der Waals surface area contributed by atoms with Crippen LogP contribution in [0.2, 0.25) is 0 Å². The van der Waals surface area contributed by atoms with Crippen molar-refractivity contribution in [3.05, 3.63) is 47.4 Å². The highest BCUT2D eigenvalue weighted by Gasteiger charge is 2.26. The molecule has 7 nitrogen and oxygen atoms in total. The number of anilines is 1. The molecular weight excluding hydrogens is 408 g/mol. The molecule has 1 fully saturated rings. The lowest BCUT2D eigenvalue weighted by Crippen LogP contribution is -2.37. The smallest absolute Gasteiger partial charge is 0.379 e. The van der Waals surface area contributed by atoms with E-state index in [4.69, 9.17) is 4.42 Å². The van der Waals surface area contributed by atoms with Gasteiger partial charge >= 0.3 is 18.6 Å². The molecule has 1 aromatic carbocycles. The fourth-order valence-corrected chi connectivity index (χ4v) is 2.61. The quantitative estimate of drug-likeness (QED) is 0.519. The number of benzene rings is 1. The van der Waals surface area contributed by atoms with Gasteiger partial charge in [-0.05, 0) is 25.0 Å². The number of carbonyl (C=O) groups excluding carboxylic acids is 2. The summed E-state index contributed by atoms with van der Waals surface area (Å²) in [5.74, 6) is 5.33. The summed E-state index contributed by atoms with van der Waals surface area (Å²) in [6, 6.07) is 1.89. The van der Waals surface area contributed by atoms with Crippen molar-refractivity contribution in [2.45, 2.75) is 32.1 Å². The predicted molar refractivity (Wildman–Crippen MR) is 96.6 cm³/mol. The molecule has 4 rings (SSSR count). The third kappa shape index (κ3) is 5.73. The van der Waals surface area contributed by atoms with Crippen LogP contribution in [0.25, 0.3) is 0 Å². The Morgan fingerprint density at radius 1 is 1.30 bits per heavy atom. The van der Waals surface area contributed by atoms with Gasteiger partial charge in [0.1, 0.15) is 18.1 Å². The predicted octanol–water partition coefficient (Wildman–Crippen LogP) is 3.51. The number of rotatable bonds is 3. The Labute approximate surface area is 168 Å². The number of fused-ring (bicyclic) bond motifs is 1. The molecule has 0 spiro atoms. The number of hydrogen-bond acceptors (Lipinski definition) is 4. The molecule has 3 amide bonds. The Balaban J connectivity index is 0.000000589. The SMILES string of the molecule is FC(F)F.O=C1Nc2cc(CNC(=O)c3ncco3)c(F)cc2C(C#CC2CC2)N1. The Morgan fingerprint density at radius 2 is 2.03 bits per heavy atom. The average Bonchev–Trinajstić information content (AvgIpc) is 3.34. The molecule has 0 radical (unpaired) electrons. The van der Waals surface area contributed by atoms with Crippen LogP contribution in [0.1, 0.15) is 40.7 Å². The molecule has 3 N–H and O–H groups in total. The number of nitrogens with zero attached hydrogens (tertiary/aromatic N) is 1. The summed E-state index contributed by atoms with van der Waals surface area (Å²) in [6.45, 7) is -3.73. The number of oxazole rings is 1. The molecule has 1 aliphatic carbocycles. The van der Waals surface area contributed by atoms with Gasteiger partial charge < -0.3 is 20.4 Å². The topological polar surface area (TPSA) is 96.3 Å². The van der Waals surface area contributed by atoms with E-state index in [1.54, 1.807) is 0 Å². The monoisotopic (exact) mass is 424 g/mol. The van der Waals surface area contributed by atoms with Crippen molar-refractivity contribution in [3.63, 3.8) is 0 Å². The van der Waals surface area contributed by atoms with Crippen molar-refractivity contribution in [2.24, 2.45) is 5.92 Å². The van der Waals surface area contributed by atoms with E-state index in [-0.39, 0.29) is 18.0 Å². The fourth-order valence-electron chi connectivity index (χ4n) is 2.61. The van der Waals surface area contributed by atoms with E-state index in [9.17, 15) is 27.2 Å². The van der Waals surface area contributed by atoms with Crippen molar-refractivity contribution in [3.8, 4) is 11.8 Å². The second-order valence-corrected chi connectivity index (χ2v) is 6.39. The second-order valence-electron chi connectivity index (χ2n) is 6.39. The first-order chi connectivity index (χ1) is 14.3. The third-order valence-corrected chi connectivity index (χ3v) is 4.13. The Morgan fingerprint density at radius 3 is 2.67 bits per heavy atom. The van der Waals surface area contributed by atoms with Crippen LogP contribution in [0.3, 0.4) is 0 Å². The average molecular weight is 424 g/mol. The molecular formula is C19H16F4N4O3. The van der Waals surface area contributed by atoms with Gasteiger partial charge in [0.05, 0.1) is 6.20 Å². The van der Waals surface area contributed by atoms with Crippen molar-refractivity contribution in [1.82, 2.24) is 15.6 Å². The zero-order valence-electron chi connectivity index (χ0n) is 15.3. The number of alkyl halides is 3. The largest absolute Gasteiger partial charge is 0.441 e. The van der Waals surface area contributed by atoms with Gasteiger partial charge in [-0.25, -0.2) is 14.2 Å². The molecule has 1 aromatic heterocycles. The van der Waals surface area contributed by atoms with Gasteiger partial charge in [-0.1, -0.05) is 11.8 Å². The minimum absolute atomic E-state index is 0.0674. The van der Waals surface area contributed by atoms with E-state index in [1.807, 2.05) is 0 Å². The van der Waals surface area contributed by atoms with Gasteiger partial charge in [0.2, 0.25) is 0 Å². The minimum atomic E-state index is -3.67. The highest BCUT2D eigenvalue weighted by atomic mass is 19.4. The molecule has 1 unspecified atom stereocenters. The van der Waals surface area contributed by atoms with Crippen LogP contribution in [-0.4, -0.2) is 23.6 Å². The van der Waals surface area contributed by atoms with E-state index < -0.39 is 30.5 Å². The Hall–Kier alpha value is -3.55. The standard InChI is InChI=1S/C18H15FN4O3.CHF3/c19-13-8-12-14(4-3-10-1-2-10)22-18(25)23-15(12)7-11(13)9-21-16(24)17-20-5-6-26-17;2-1(3)4/h5-8,10,14H,1-2,9H2,(H,21,24)(H2,22,23,25);1H. The number of urea groups is 1. The van der Waals surface area contributed by atoms with Crippen LogP contribution in [0.4, 0.5) is 28.0 Å². The van der Waals surface area contributed by atoms with Gasteiger partial charge in [-0.15, -0.1) is 0 Å². The highest BCUT2D eigenvalue weighted by molar-refractivity contribution is 5.93. The zero-order valence-corrected chi connectivity index (χ0v) is 15.3. The number of nitrogens with one attached hydrogen (secondary N) is 3. The number of amides is 3. The summed E-state index contributed by atoms with van der Waals surface area (Å²) >= 11 is 0. The lowest BCUT2D eigenvalue weighted by Gasteiger charge is -2.24. The van der Waals surface area contributed by atoms with Crippen LogP contribution in [0.15, 0.2) is 29.0 Å². The molecule has 0 bridgehead atoms. The zero-order chi connectivity index (χ0) is 21.7. The number of halogens is 4. The summed E-state index contributed by atoms with van der Waals surface area (Å²) < 4.78 is 48.4. The lowest BCUT2D eigenvalue weighted by atomic mass is 9.99. The van der Waals surface area contributed by atoms with Crippen LogP contribution < -0.4 is 16.0 Å². The molecule has 30 heavy (non-hydrogen) atoms. The summed E-state index contributed by atoms with van der Waals surface area (Å²) in [5, 5.41) is 7.87. The molecule has 158 valence electrons. The Kier molecular flexibility index (Phi) is 6.56. The normalized spacial score (nSPS) is 16.8. The summed E-state index contributed by atoms with van der Waals surface area (Å²) in [5.41, 5.74) is 1.28. The number of carbonyl (C=O) groups is 2. The molecule has 1 saturated carbocycles. The molecule has 2 aliphatic rings. The van der Waals surface area contributed by atoms with Crippen LogP contribution >= 0.6 is 0 Å². The highest BCUT2D eigenvalue weighted by Crippen LogP contribution is 2.31. The first kappa shape index (κ1) is 21.2. The van der Waals surface area contributed by atoms with Crippen LogP contribution in [-0.2, 0) is 6.54 Å². The fraction of sp³-hybridized carbons (Fsp3) is 0.316. The third-order valence-electron chi connectivity index (χ3n) is 4.13. The number of aromatic nitrogens is 1. The van der Waals surface area contributed by atoms with Gasteiger partial charge in [0.15, 0.2) is 0 Å². The molecule has 11 heteroatoms. The Bertz CT molecular complexity index is 979. The molecule has 2 heterocycles. The minimum Gasteiger partial charge on any atom is -0.441 e. The first-order valence-corrected chi connectivity index (χ1v) is 8.84. The summed E-state index contributed by atoms with van der Waals surface area (Å²) in [4.78, 5) is 27.4. The maximum absolute atomic E-state index is 14.5. The van der Waals surface area contributed by atoms with E-state index in [0.29, 0.717) is 17.2 Å². The van der Waals surface area contributed by atoms with Crippen molar-refractivity contribution in [1.29, 1.82) is 0 Å². The van der Waals surface area contributed by atoms with Gasteiger partial charge in [0.25, 0.3) is 5.89 Å². The van der Waals surface area contributed by atoms with Gasteiger partial charge in [-0.2, -0.15) is 13.2 Å². The van der Waals surface area contributed by atoms with Crippen molar-refractivity contribution >= 4 is 17.6 Å². The van der Waals surface area contributed by atoms with E-state index in [2.05, 4.69) is 32.8 Å². The molecule has 1 aliphatic heterocycles. The van der Waals surface area contributed by atoms with Gasteiger partial charge in [0, 0.05) is 29.3 Å².